The maximum atomic E-state index is 14.8. The van der Waals surface area contributed by atoms with Crippen LogP contribution in [0.3, 0.4) is 0 Å². The highest BCUT2D eigenvalue weighted by Gasteiger charge is 2.35. The predicted octanol–water partition coefficient (Wildman–Crippen LogP) is 7.10. The number of anilines is 1. The van der Waals surface area contributed by atoms with Crippen LogP contribution in [0.1, 0.15) is 50.2 Å². The van der Waals surface area contributed by atoms with E-state index >= 15 is 0 Å². The lowest BCUT2D eigenvalue weighted by Crippen LogP contribution is -2.55. The summed E-state index contributed by atoms with van der Waals surface area (Å²) in [5, 5.41) is 3.25. The Morgan fingerprint density at radius 1 is 0.863 bits per heavy atom. The molecule has 9 nitrogen and oxygen atoms in total. The van der Waals surface area contributed by atoms with Crippen LogP contribution in [-0.4, -0.2) is 63.7 Å². The first-order valence-electron chi connectivity index (χ1n) is 17.4. The number of hydrogen-bond acceptors (Lipinski definition) is 7. The minimum Gasteiger partial charge on any atom is -0.497 e. The second kappa shape index (κ2) is 18.1. The normalized spacial score (nSPS) is 13.9. The zero-order chi connectivity index (χ0) is 36.2. The molecule has 1 atom stereocenters. The molecule has 0 saturated heterocycles. The van der Waals surface area contributed by atoms with E-state index in [1.807, 2.05) is 67.8 Å². The average molecular weight is 730 g/mol. The Morgan fingerprint density at radius 2 is 1.55 bits per heavy atom. The molecule has 51 heavy (non-hydrogen) atoms. The van der Waals surface area contributed by atoms with Gasteiger partial charge in [0.05, 0.1) is 24.3 Å². The molecule has 1 fully saturated rings. The highest BCUT2D eigenvalue weighted by atomic mass is 32.2. The molecule has 0 heterocycles. The molecule has 11 heteroatoms. The molecule has 1 aliphatic rings. The van der Waals surface area contributed by atoms with Crippen molar-refractivity contribution in [3.8, 4) is 11.5 Å². The summed E-state index contributed by atoms with van der Waals surface area (Å²) in [5.74, 6) is 0.413. The summed E-state index contributed by atoms with van der Waals surface area (Å²) in [6.45, 7) is 1.85. The fourth-order valence-electron chi connectivity index (χ4n) is 6.34. The van der Waals surface area contributed by atoms with E-state index in [4.69, 9.17) is 9.47 Å². The number of nitrogens with zero attached hydrogens (tertiary/aromatic N) is 2. The Bertz CT molecular complexity index is 1830. The fourth-order valence-corrected chi connectivity index (χ4v) is 8.17. The average Bonchev–Trinajstić information content (AvgIpc) is 3.16. The molecule has 0 aromatic heterocycles. The lowest BCUT2D eigenvalue weighted by molar-refractivity contribution is -0.140. The van der Waals surface area contributed by atoms with E-state index < -0.39 is 28.5 Å². The first kappa shape index (κ1) is 37.8. The van der Waals surface area contributed by atoms with Gasteiger partial charge < -0.3 is 19.7 Å². The zero-order valence-electron chi connectivity index (χ0n) is 29.5. The third-order valence-corrected chi connectivity index (χ3v) is 11.6. The van der Waals surface area contributed by atoms with Crippen molar-refractivity contribution in [2.45, 2.75) is 73.9 Å². The molecule has 0 radical (unpaired) electrons. The third-order valence-electron chi connectivity index (χ3n) is 9.07. The van der Waals surface area contributed by atoms with Gasteiger partial charge in [-0.15, -0.1) is 11.8 Å². The van der Waals surface area contributed by atoms with Crippen molar-refractivity contribution >= 4 is 39.3 Å². The number of carbonyl (C=O) groups is 2. The summed E-state index contributed by atoms with van der Waals surface area (Å²) in [6, 6.07) is 29.3. The van der Waals surface area contributed by atoms with Crippen LogP contribution in [0.15, 0.2) is 113 Å². The Kier molecular flexibility index (Phi) is 13.4. The molecule has 1 saturated carbocycles. The highest BCUT2D eigenvalue weighted by molar-refractivity contribution is 7.98. The van der Waals surface area contributed by atoms with Gasteiger partial charge in [0.15, 0.2) is 0 Å². The molecule has 0 spiro atoms. The van der Waals surface area contributed by atoms with Crippen LogP contribution in [0.25, 0.3) is 0 Å². The molecule has 270 valence electrons. The predicted molar refractivity (Wildman–Crippen MR) is 203 cm³/mol. The molecule has 1 N–H and O–H groups in total. The van der Waals surface area contributed by atoms with Gasteiger partial charge in [-0.2, -0.15) is 0 Å². The molecule has 0 bridgehead atoms. The molecule has 0 aliphatic heterocycles. The number of benzene rings is 4. The first-order valence-corrected chi connectivity index (χ1v) is 20.0. The lowest BCUT2D eigenvalue weighted by atomic mass is 9.94. The Morgan fingerprint density at radius 3 is 2.20 bits per heavy atom. The van der Waals surface area contributed by atoms with Crippen LogP contribution in [0.4, 0.5) is 5.69 Å². The number of methoxy groups -OCH3 is 1. The summed E-state index contributed by atoms with van der Waals surface area (Å²) in [4.78, 5) is 31.7. The number of carbonyl (C=O) groups excluding carboxylic acids is 2. The second-order valence-corrected chi connectivity index (χ2v) is 15.3. The Hall–Kier alpha value is -4.48. The van der Waals surface area contributed by atoms with Gasteiger partial charge in [0, 0.05) is 23.9 Å². The standard InChI is InChI=1S/C40H47N3O6S2/c1-4-49-34-20-18-33(19-21-34)43(51(46,47)37-24-22-36(50-3)23-25-37)29-39(44)42(28-31-14-11-17-35(26-31)48-2)38(27-30-12-7-5-8-13-30)40(45)41-32-15-9-6-10-16-32/h5,7-8,11-14,17-26,32,38H,4,6,9-10,15-16,27-29H2,1-3H3,(H,41,45)/t38-/m0/s1. The number of hydrogen-bond donors (Lipinski definition) is 1. The quantitative estimate of drug-likeness (QED) is 0.123. The van der Waals surface area contributed by atoms with Crippen LogP contribution < -0.4 is 19.1 Å². The number of rotatable bonds is 16. The monoisotopic (exact) mass is 729 g/mol. The van der Waals surface area contributed by atoms with Crippen molar-refractivity contribution in [2.75, 3.05) is 30.8 Å². The molecule has 4 aromatic carbocycles. The van der Waals surface area contributed by atoms with Gasteiger partial charge >= 0.3 is 0 Å². The van der Waals surface area contributed by atoms with E-state index in [0.717, 1.165) is 52.4 Å². The summed E-state index contributed by atoms with van der Waals surface area (Å²) in [6.07, 6.45) is 7.14. The fraction of sp³-hybridized carbons (Fsp3) is 0.350. The van der Waals surface area contributed by atoms with Crippen LogP contribution in [0.5, 0.6) is 11.5 Å². The van der Waals surface area contributed by atoms with Crippen molar-refractivity contribution in [2.24, 2.45) is 0 Å². The molecule has 5 rings (SSSR count). The van der Waals surface area contributed by atoms with E-state index in [-0.39, 0.29) is 29.8 Å². The topological polar surface area (TPSA) is 105 Å². The summed E-state index contributed by atoms with van der Waals surface area (Å²) in [5.41, 5.74) is 1.93. The van der Waals surface area contributed by atoms with E-state index in [0.29, 0.717) is 23.8 Å². The largest absolute Gasteiger partial charge is 0.497 e. The summed E-state index contributed by atoms with van der Waals surface area (Å²) in [7, 11) is -2.66. The molecular weight excluding hydrogens is 683 g/mol. The number of thioether (sulfide) groups is 1. The summed E-state index contributed by atoms with van der Waals surface area (Å²) < 4.78 is 41.1. The molecule has 0 unspecified atom stereocenters. The number of ether oxygens (including phenoxy) is 2. The van der Waals surface area contributed by atoms with Gasteiger partial charge in [-0.1, -0.05) is 61.7 Å². The van der Waals surface area contributed by atoms with Crippen LogP contribution in [-0.2, 0) is 32.6 Å². The Labute approximate surface area is 306 Å². The highest BCUT2D eigenvalue weighted by Crippen LogP contribution is 2.29. The van der Waals surface area contributed by atoms with Crippen LogP contribution in [0.2, 0.25) is 0 Å². The maximum absolute atomic E-state index is 14.8. The lowest BCUT2D eigenvalue weighted by Gasteiger charge is -2.35. The number of sulfonamides is 1. The third kappa shape index (κ3) is 10.1. The van der Waals surface area contributed by atoms with Gasteiger partial charge in [-0.3, -0.25) is 13.9 Å². The van der Waals surface area contributed by atoms with E-state index in [1.165, 1.54) is 16.7 Å². The van der Waals surface area contributed by atoms with Crippen molar-refractivity contribution < 1.29 is 27.5 Å². The minimum atomic E-state index is -4.23. The smallest absolute Gasteiger partial charge is 0.264 e. The Balaban J connectivity index is 1.57. The minimum absolute atomic E-state index is 0.0169. The SMILES string of the molecule is CCOc1ccc(N(CC(=O)N(Cc2cccc(OC)c2)[C@@H](Cc2ccccc2)C(=O)NC2CCCCC2)S(=O)(=O)c2ccc(SC)cc2)cc1. The van der Waals surface area contributed by atoms with Crippen LogP contribution >= 0.6 is 11.8 Å². The molecular formula is C40H47N3O6S2. The first-order chi connectivity index (χ1) is 24.7. The second-order valence-electron chi connectivity index (χ2n) is 12.5. The number of amides is 2. The summed E-state index contributed by atoms with van der Waals surface area (Å²) >= 11 is 1.51. The van der Waals surface area contributed by atoms with E-state index in [2.05, 4.69) is 5.32 Å². The van der Waals surface area contributed by atoms with Crippen LogP contribution in [0, 0.1) is 0 Å². The van der Waals surface area contributed by atoms with Gasteiger partial charge in [0.1, 0.15) is 24.1 Å². The van der Waals surface area contributed by atoms with E-state index in [9.17, 15) is 18.0 Å². The van der Waals surface area contributed by atoms with Crippen molar-refractivity contribution in [3.63, 3.8) is 0 Å². The maximum Gasteiger partial charge on any atom is 0.264 e. The van der Waals surface area contributed by atoms with Crippen molar-refractivity contribution in [1.29, 1.82) is 0 Å². The molecule has 1 aliphatic carbocycles. The van der Waals surface area contributed by atoms with Crippen molar-refractivity contribution in [3.05, 3.63) is 114 Å². The molecule has 4 aromatic rings. The van der Waals surface area contributed by atoms with Gasteiger partial charge in [0.2, 0.25) is 11.8 Å². The van der Waals surface area contributed by atoms with Gasteiger partial charge in [-0.05, 0) is 97.8 Å². The van der Waals surface area contributed by atoms with Gasteiger partial charge in [0.25, 0.3) is 10.0 Å². The van der Waals surface area contributed by atoms with Crippen molar-refractivity contribution in [1.82, 2.24) is 10.2 Å². The zero-order valence-corrected chi connectivity index (χ0v) is 31.1. The van der Waals surface area contributed by atoms with E-state index in [1.54, 1.807) is 55.6 Å². The number of nitrogens with one attached hydrogen (secondary N) is 1. The molecule has 2 amide bonds. The van der Waals surface area contributed by atoms with Gasteiger partial charge in [-0.25, -0.2) is 8.42 Å².